The average Bonchev–Trinajstić information content (AvgIpc) is 3.56. The Labute approximate surface area is 532 Å². The van der Waals surface area contributed by atoms with Crippen molar-refractivity contribution in [3.8, 4) is 0 Å². The van der Waals surface area contributed by atoms with Crippen LogP contribution in [0.15, 0.2) is 85.1 Å². The highest BCUT2D eigenvalue weighted by atomic mass is 31.2. The summed E-state index contributed by atoms with van der Waals surface area (Å²) in [6.07, 6.45) is 91.3. The van der Waals surface area contributed by atoms with Gasteiger partial charge >= 0.3 is 19.8 Å². The maximum absolute atomic E-state index is 12.9. The van der Waals surface area contributed by atoms with E-state index in [-0.39, 0.29) is 32.0 Å². The Hall–Kier alpha value is -2.81. The molecule has 0 fully saturated rings. The van der Waals surface area contributed by atoms with Crippen LogP contribution < -0.4 is 0 Å². The molecule has 0 rings (SSSR count). The monoisotopic (exact) mass is 1230 g/mol. The van der Waals surface area contributed by atoms with Crippen LogP contribution in [0.3, 0.4) is 0 Å². The highest BCUT2D eigenvalue weighted by Crippen LogP contribution is 2.43. The molecule has 2 unspecified atom stereocenters. The first-order valence-electron chi connectivity index (χ1n) is 36.3. The summed E-state index contributed by atoms with van der Waals surface area (Å²) in [7, 11) is 1.48. The van der Waals surface area contributed by atoms with Crippen LogP contribution in [0, 0.1) is 0 Å². The van der Waals surface area contributed by atoms with E-state index in [9.17, 15) is 19.0 Å². The molecule has 0 spiro atoms. The molecule has 0 aromatic rings. The molecule has 0 saturated heterocycles. The van der Waals surface area contributed by atoms with E-state index < -0.39 is 26.5 Å². The van der Waals surface area contributed by atoms with Gasteiger partial charge in [0.25, 0.3) is 0 Å². The fourth-order valence-electron chi connectivity index (χ4n) is 10.4. The van der Waals surface area contributed by atoms with Gasteiger partial charge in [-0.2, -0.15) is 0 Å². The average molecular weight is 1230 g/mol. The molecule has 0 aromatic heterocycles. The van der Waals surface area contributed by atoms with Crippen LogP contribution in [0.2, 0.25) is 0 Å². The zero-order valence-corrected chi connectivity index (χ0v) is 57.9. The quantitative estimate of drug-likeness (QED) is 0.0211. The lowest BCUT2D eigenvalue weighted by atomic mass is 10.0. The summed E-state index contributed by atoms with van der Waals surface area (Å²) in [6, 6.07) is 0. The fraction of sp³-hybridized carbons (Fsp3) is 0.789. The van der Waals surface area contributed by atoms with Crippen LogP contribution in [0.4, 0.5) is 0 Å². The lowest BCUT2D eigenvalue weighted by Gasteiger charge is -2.24. The molecule has 9 nitrogen and oxygen atoms in total. The Kier molecular flexibility index (Phi) is 64.4. The van der Waals surface area contributed by atoms with Gasteiger partial charge in [-0.1, -0.05) is 336 Å². The number of hydrogen-bond donors (Lipinski definition) is 1. The first-order chi connectivity index (χ1) is 42.0. The third kappa shape index (κ3) is 70.3. The molecular weight excluding hydrogens is 1090 g/mol. The molecule has 0 aliphatic rings. The second-order valence-corrected chi connectivity index (χ2v) is 27.1. The molecule has 0 aliphatic carbocycles. The zero-order valence-electron chi connectivity index (χ0n) is 57.0. The number of nitrogens with zero attached hydrogens (tertiary/aromatic N) is 1. The number of carbonyl (C=O) groups excluding carboxylic acids is 2. The minimum absolute atomic E-state index is 0.0286. The third-order valence-corrected chi connectivity index (χ3v) is 16.9. The number of hydrogen-bond acceptors (Lipinski definition) is 7. The number of likely N-dealkylation sites (N-methyl/N-ethyl adjacent to an activating group) is 1. The van der Waals surface area contributed by atoms with Gasteiger partial charge in [-0.3, -0.25) is 18.6 Å². The second kappa shape index (κ2) is 66.6. The topological polar surface area (TPSA) is 108 Å². The van der Waals surface area contributed by atoms with Crippen LogP contribution in [0.5, 0.6) is 0 Å². The van der Waals surface area contributed by atoms with Crippen molar-refractivity contribution < 1.29 is 42.1 Å². The fourth-order valence-corrected chi connectivity index (χ4v) is 11.2. The van der Waals surface area contributed by atoms with E-state index in [0.29, 0.717) is 17.4 Å². The molecule has 0 aromatic carbocycles. The highest BCUT2D eigenvalue weighted by Gasteiger charge is 2.27. The summed E-state index contributed by atoms with van der Waals surface area (Å²) in [5.41, 5.74) is 0. The van der Waals surface area contributed by atoms with Gasteiger partial charge in [0.1, 0.15) is 19.8 Å². The van der Waals surface area contributed by atoms with Crippen molar-refractivity contribution in [3.63, 3.8) is 0 Å². The predicted octanol–water partition coefficient (Wildman–Crippen LogP) is 23.7. The lowest BCUT2D eigenvalue weighted by molar-refractivity contribution is -0.870. The molecule has 0 radical (unpaired) electrons. The second-order valence-electron chi connectivity index (χ2n) is 25.6. The Bertz CT molecular complexity index is 1730. The number of phosphoric acid groups is 1. The zero-order chi connectivity index (χ0) is 62.6. The van der Waals surface area contributed by atoms with Gasteiger partial charge in [-0.15, -0.1) is 0 Å². The van der Waals surface area contributed by atoms with Crippen LogP contribution >= 0.6 is 7.82 Å². The molecule has 0 bridgehead atoms. The Morgan fingerprint density at radius 2 is 0.663 bits per heavy atom. The third-order valence-electron chi connectivity index (χ3n) is 15.9. The summed E-state index contributed by atoms with van der Waals surface area (Å²) in [4.78, 5) is 35.9. The normalized spacial score (nSPS) is 13.6. The van der Waals surface area contributed by atoms with Crippen molar-refractivity contribution >= 4 is 19.8 Å². The van der Waals surface area contributed by atoms with Gasteiger partial charge in [0, 0.05) is 12.8 Å². The molecule has 500 valence electrons. The minimum Gasteiger partial charge on any atom is -0.462 e. The number of quaternary nitrogens is 1. The lowest BCUT2D eigenvalue weighted by Crippen LogP contribution is -2.37. The molecule has 86 heavy (non-hydrogen) atoms. The van der Waals surface area contributed by atoms with E-state index in [0.717, 1.165) is 89.9 Å². The highest BCUT2D eigenvalue weighted by molar-refractivity contribution is 7.47. The minimum atomic E-state index is -4.40. The number of ether oxygens (including phenoxy) is 2. The number of rotatable bonds is 67. The van der Waals surface area contributed by atoms with Gasteiger partial charge in [0.05, 0.1) is 27.7 Å². The summed E-state index contributed by atoms with van der Waals surface area (Å²) < 4.78 is 34.7. The van der Waals surface area contributed by atoms with E-state index in [4.69, 9.17) is 18.5 Å². The van der Waals surface area contributed by atoms with Crippen LogP contribution in [-0.2, 0) is 32.7 Å². The van der Waals surface area contributed by atoms with E-state index >= 15 is 0 Å². The van der Waals surface area contributed by atoms with Gasteiger partial charge in [-0.25, -0.2) is 4.57 Å². The van der Waals surface area contributed by atoms with Gasteiger partial charge in [0.2, 0.25) is 0 Å². The predicted molar refractivity (Wildman–Crippen MR) is 372 cm³/mol. The molecule has 0 aliphatic heterocycles. The Morgan fingerprint density at radius 3 is 0.988 bits per heavy atom. The van der Waals surface area contributed by atoms with Crippen molar-refractivity contribution in [2.24, 2.45) is 0 Å². The number of allylic oxidation sites excluding steroid dienone is 14. The number of esters is 2. The Balaban J connectivity index is 4.04. The van der Waals surface area contributed by atoms with Crippen LogP contribution in [-0.4, -0.2) is 74.9 Å². The van der Waals surface area contributed by atoms with Crippen molar-refractivity contribution in [1.29, 1.82) is 0 Å². The molecule has 10 heteroatoms. The maximum atomic E-state index is 12.9. The maximum Gasteiger partial charge on any atom is 0.472 e. The van der Waals surface area contributed by atoms with Crippen molar-refractivity contribution in [3.05, 3.63) is 85.1 Å². The summed E-state index contributed by atoms with van der Waals surface area (Å²) >= 11 is 0. The molecule has 0 saturated carbocycles. The summed E-state index contributed by atoms with van der Waals surface area (Å²) in [6.45, 7) is 4.36. The van der Waals surface area contributed by atoms with Crippen molar-refractivity contribution in [2.45, 2.75) is 341 Å². The van der Waals surface area contributed by atoms with Gasteiger partial charge in [-0.05, 0) is 70.6 Å². The molecule has 2 atom stereocenters. The largest absolute Gasteiger partial charge is 0.472 e. The summed E-state index contributed by atoms with van der Waals surface area (Å²) in [5.74, 6) is -0.793. The van der Waals surface area contributed by atoms with Gasteiger partial charge in [0.15, 0.2) is 6.10 Å². The van der Waals surface area contributed by atoms with Crippen molar-refractivity contribution in [1.82, 2.24) is 0 Å². The molecule has 0 amide bonds. The van der Waals surface area contributed by atoms with E-state index in [1.807, 2.05) is 21.1 Å². The van der Waals surface area contributed by atoms with E-state index in [1.54, 1.807) is 0 Å². The molecular formula is C76H139NO8P+. The molecule has 0 heterocycles. The SMILES string of the molecule is CC/C=C\C/C=C\C/C=C\C/C=C\C/C=C\C/C=C\C/C=C\CCCCCCCCCCCC(=O)OC(COC(=O)CCCCCCCCCCCCCCCCCCCCCCCCCCCCCCCCC)COP(=O)(O)OCC[N+](C)(C)C. The smallest absolute Gasteiger partial charge is 0.462 e. The van der Waals surface area contributed by atoms with Crippen LogP contribution in [0.1, 0.15) is 335 Å². The summed E-state index contributed by atoms with van der Waals surface area (Å²) in [5, 5.41) is 0. The first kappa shape index (κ1) is 83.2. The van der Waals surface area contributed by atoms with Gasteiger partial charge < -0.3 is 18.9 Å². The van der Waals surface area contributed by atoms with Crippen molar-refractivity contribution in [2.75, 3.05) is 47.5 Å². The first-order valence-corrected chi connectivity index (χ1v) is 37.8. The standard InChI is InChI=1S/C76H138NO8P/c1-6-8-10-12-14-16-18-20-22-24-26-28-30-32-34-36-38-40-42-44-46-48-50-52-54-56-58-60-62-64-66-68-75(78)82-72-74(73-84-86(80,81)83-71-70-77(3,4)5)85-76(79)69-67-65-63-61-59-57-55-53-51-49-47-45-43-41-39-37-35-33-31-29-27-25-23-21-19-17-15-13-11-9-7-2/h9,11,15,17,21,23,27,29,33,35,39,41,45,47,74H,6-8,10,12-14,16,18-20,22,24-26,28,30-32,34,36-38,40,42-44,46,48-73H2,1-5H3/p+1/b11-9-,17-15-,23-21-,29-27-,35-33-,41-39-,47-45-. The van der Waals surface area contributed by atoms with E-state index in [2.05, 4.69) is 98.9 Å². The number of unbranched alkanes of at least 4 members (excludes halogenated alkanes) is 39. The Morgan fingerprint density at radius 1 is 0.372 bits per heavy atom. The number of phosphoric ester groups is 1. The van der Waals surface area contributed by atoms with E-state index in [1.165, 1.54) is 212 Å². The number of carbonyl (C=O) groups is 2. The molecule has 1 N–H and O–H groups in total. The van der Waals surface area contributed by atoms with Crippen LogP contribution in [0.25, 0.3) is 0 Å².